The molecule has 162 valence electrons. The van der Waals surface area contributed by atoms with Crippen LogP contribution in [0.4, 0.5) is 0 Å². The van der Waals surface area contributed by atoms with Crippen LogP contribution in [0.5, 0.6) is 0 Å². The molecule has 2 aliphatic heterocycles. The molecule has 0 spiro atoms. The minimum Gasteiger partial charge on any atom is -0.467 e. The Hall–Kier alpha value is -2.17. The zero-order valence-corrected chi connectivity index (χ0v) is 18.1. The van der Waals surface area contributed by atoms with Crippen molar-refractivity contribution in [3.63, 3.8) is 0 Å². The predicted octanol–water partition coefficient (Wildman–Crippen LogP) is 1.89. The predicted molar refractivity (Wildman–Crippen MR) is 110 cm³/mol. The molecule has 2 aliphatic rings. The quantitative estimate of drug-likeness (QED) is 0.663. The number of amides is 1. The summed E-state index contributed by atoms with van der Waals surface area (Å²) in [4.78, 5) is 14.9. The number of nitrogens with zero attached hydrogens (tertiary/aromatic N) is 2. The fourth-order valence-electron chi connectivity index (χ4n) is 3.99. The minimum atomic E-state index is -3.66. The molecule has 1 aromatic heterocycles. The zero-order chi connectivity index (χ0) is 21.4. The van der Waals surface area contributed by atoms with E-state index < -0.39 is 31.8 Å². The largest absolute Gasteiger partial charge is 0.467 e. The topological polar surface area (TPSA) is 105 Å². The van der Waals surface area contributed by atoms with E-state index in [1.54, 1.807) is 24.3 Å². The summed E-state index contributed by atoms with van der Waals surface area (Å²) in [5.74, 6) is 0.0502. The van der Waals surface area contributed by atoms with Gasteiger partial charge in [-0.05, 0) is 49.6 Å². The summed E-state index contributed by atoms with van der Waals surface area (Å²) in [6.45, 7) is 1.07. The van der Waals surface area contributed by atoms with Crippen LogP contribution >= 0.6 is 0 Å². The van der Waals surface area contributed by atoms with Crippen molar-refractivity contribution >= 4 is 25.8 Å². The number of hydrogen-bond acceptors (Lipinski definition) is 6. The summed E-state index contributed by atoms with van der Waals surface area (Å²) in [6, 6.07) is 8.92. The van der Waals surface area contributed by atoms with Gasteiger partial charge in [0.2, 0.25) is 10.0 Å². The van der Waals surface area contributed by atoms with Crippen molar-refractivity contribution in [2.75, 3.05) is 24.6 Å². The molecular formula is C20H24N2O6S2. The highest BCUT2D eigenvalue weighted by Crippen LogP contribution is 2.25. The molecule has 0 radical (unpaired) electrons. The molecule has 0 bridgehead atoms. The first-order chi connectivity index (χ1) is 14.3. The van der Waals surface area contributed by atoms with Crippen molar-refractivity contribution in [2.45, 2.75) is 36.7 Å². The van der Waals surface area contributed by atoms with Crippen LogP contribution in [0.2, 0.25) is 0 Å². The Morgan fingerprint density at radius 2 is 1.93 bits per heavy atom. The van der Waals surface area contributed by atoms with Gasteiger partial charge in [0.25, 0.3) is 5.91 Å². The van der Waals surface area contributed by atoms with E-state index in [0.29, 0.717) is 25.3 Å². The summed E-state index contributed by atoms with van der Waals surface area (Å²) in [7, 11) is -6.86. The van der Waals surface area contributed by atoms with Crippen LogP contribution in [0.1, 0.15) is 35.4 Å². The number of sulfone groups is 1. The average Bonchev–Trinajstić information content (AvgIpc) is 3.48. The summed E-state index contributed by atoms with van der Waals surface area (Å²) in [5.41, 5.74) is 0.214. The van der Waals surface area contributed by atoms with Crippen LogP contribution in [0.25, 0.3) is 0 Å². The summed E-state index contributed by atoms with van der Waals surface area (Å²) < 4.78 is 56.5. The van der Waals surface area contributed by atoms with Crippen LogP contribution < -0.4 is 0 Å². The lowest BCUT2D eigenvalue weighted by atomic mass is 10.1. The number of carbonyl (C=O) groups is 1. The number of furan rings is 1. The molecule has 8 nitrogen and oxygen atoms in total. The standard InChI is InChI=1S/C20H24N2O6S2/c23-20(16-5-3-7-19(13-16)30(26,27)21-9-1-2-10-21)22(14-18-6-4-11-28-18)17-8-12-29(24,25)15-17/h3-7,11,13,17H,1-2,8-10,12,14-15H2/t17-/m0/s1. The Morgan fingerprint density at radius 3 is 2.57 bits per heavy atom. The smallest absolute Gasteiger partial charge is 0.254 e. The fraction of sp³-hybridized carbons (Fsp3) is 0.450. The van der Waals surface area contributed by atoms with Gasteiger partial charge in [-0.15, -0.1) is 0 Å². The van der Waals surface area contributed by atoms with E-state index in [-0.39, 0.29) is 28.5 Å². The number of rotatable bonds is 6. The lowest BCUT2D eigenvalue weighted by Crippen LogP contribution is -2.40. The van der Waals surface area contributed by atoms with E-state index in [1.165, 1.54) is 27.6 Å². The van der Waals surface area contributed by atoms with E-state index in [9.17, 15) is 21.6 Å². The third-order valence-electron chi connectivity index (χ3n) is 5.60. The second-order valence-corrected chi connectivity index (χ2v) is 11.9. The molecule has 4 rings (SSSR count). The second-order valence-electron chi connectivity index (χ2n) is 7.71. The van der Waals surface area contributed by atoms with Crippen molar-refractivity contribution in [2.24, 2.45) is 0 Å². The summed E-state index contributed by atoms with van der Waals surface area (Å²) >= 11 is 0. The summed E-state index contributed by atoms with van der Waals surface area (Å²) in [5, 5.41) is 0. The van der Waals surface area contributed by atoms with Crippen molar-refractivity contribution in [1.29, 1.82) is 0 Å². The molecule has 0 N–H and O–H groups in total. The molecule has 2 saturated heterocycles. The van der Waals surface area contributed by atoms with Gasteiger partial charge in [0.1, 0.15) is 5.76 Å². The molecule has 2 fully saturated rings. The highest BCUT2D eigenvalue weighted by molar-refractivity contribution is 7.91. The number of carbonyl (C=O) groups excluding carboxylic acids is 1. The Morgan fingerprint density at radius 1 is 1.17 bits per heavy atom. The van der Waals surface area contributed by atoms with Crippen molar-refractivity contribution in [3.05, 3.63) is 54.0 Å². The van der Waals surface area contributed by atoms with Crippen LogP contribution in [-0.2, 0) is 26.4 Å². The fourth-order valence-corrected chi connectivity index (χ4v) is 7.29. The Labute approximate surface area is 176 Å². The SMILES string of the molecule is O=C(c1cccc(S(=O)(=O)N2CCCC2)c1)N(Cc1ccco1)[C@H]1CCS(=O)(=O)C1. The number of benzene rings is 1. The van der Waals surface area contributed by atoms with Crippen LogP contribution in [-0.4, -0.2) is 62.6 Å². The van der Waals surface area contributed by atoms with Gasteiger partial charge in [0.15, 0.2) is 9.84 Å². The van der Waals surface area contributed by atoms with E-state index in [4.69, 9.17) is 4.42 Å². The van der Waals surface area contributed by atoms with Gasteiger partial charge in [-0.2, -0.15) is 4.31 Å². The van der Waals surface area contributed by atoms with Gasteiger partial charge >= 0.3 is 0 Å². The van der Waals surface area contributed by atoms with Crippen LogP contribution in [0.15, 0.2) is 52.0 Å². The molecule has 0 aliphatic carbocycles. The first-order valence-electron chi connectivity index (χ1n) is 9.90. The maximum absolute atomic E-state index is 13.4. The Balaban J connectivity index is 1.64. The first kappa shape index (κ1) is 21.1. The van der Waals surface area contributed by atoms with Crippen molar-refractivity contribution in [1.82, 2.24) is 9.21 Å². The molecule has 2 aromatic rings. The molecule has 1 atom stereocenters. The highest BCUT2D eigenvalue weighted by atomic mass is 32.2. The Kier molecular flexibility index (Phi) is 5.73. The monoisotopic (exact) mass is 452 g/mol. The summed E-state index contributed by atoms with van der Waals surface area (Å²) in [6.07, 6.45) is 3.49. The van der Waals surface area contributed by atoms with Crippen LogP contribution in [0, 0.1) is 0 Å². The molecule has 10 heteroatoms. The lowest BCUT2D eigenvalue weighted by Gasteiger charge is -2.28. The van der Waals surface area contributed by atoms with Gasteiger partial charge in [-0.3, -0.25) is 4.79 Å². The molecular weight excluding hydrogens is 428 g/mol. The maximum atomic E-state index is 13.4. The Bertz CT molecular complexity index is 1120. The third-order valence-corrected chi connectivity index (χ3v) is 9.25. The number of hydrogen-bond donors (Lipinski definition) is 0. The number of sulfonamides is 1. The molecule has 0 saturated carbocycles. The molecule has 1 amide bonds. The lowest BCUT2D eigenvalue weighted by molar-refractivity contribution is 0.0666. The van der Waals surface area contributed by atoms with Crippen molar-refractivity contribution < 1.29 is 26.0 Å². The third kappa shape index (κ3) is 4.30. The van der Waals surface area contributed by atoms with Gasteiger partial charge in [-0.1, -0.05) is 6.07 Å². The van der Waals surface area contributed by atoms with Crippen LogP contribution in [0.3, 0.4) is 0 Å². The zero-order valence-electron chi connectivity index (χ0n) is 16.4. The van der Waals surface area contributed by atoms with Gasteiger partial charge in [-0.25, -0.2) is 16.8 Å². The van der Waals surface area contributed by atoms with E-state index >= 15 is 0 Å². The average molecular weight is 453 g/mol. The molecule has 30 heavy (non-hydrogen) atoms. The van der Waals surface area contributed by atoms with E-state index in [0.717, 1.165) is 12.8 Å². The normalized spacial score (nSPS) is 21.7. The maximum Gasteiger partial charge on any atom is 0.254 e. The molecule has 3 heterocycles. The van der Waals surface area contributed by atoms with E-state index in [1.807, 2.05) is 0 Å². The first-order valence-corrected chi connectivity index (χ1v) is 13.2. The van der Waals surface area contributed by atoms with Gasteiger partial charge in [0, 0.05) is 24.7 Å². The van der Waals surface area contributed by atoms with Crippen molar-refractivity contribution in [3.8, 4) is 0 Å². The molecule has 0 unspecified atom stereocenters. The molecule has 1 aromatic carbocycles. The van der Waals surface area contributed by atoms with E-state index in [2.05, 4.69) is 0 Å². The second kappa shape index (κ2) is 8.16. The highest BCUT2D eigenvalue weighted by Gasteiger charge is 2.36. The van der Waals surface area contributed by atoms with Gasteiger partial charge < -0.3 is 9.32 Å². The van der Waals surface area contributed by atoms with Gasteiger partial charge in [0.05, 0.1) is 29.2 Å². The minimum absolute atomic E-state index is 0.0307.